The molecule has 0 unspecified atom stereocenters. The van der Waals surface area contributed by atoms with Crippen molar-refractivity contribution in [3.8, 4) is 11.3 Å². The fourth-order valence-electron chi connectivity index (χ4n) is 2.12. The first-order valence-electron chi connectivity index (χ1n) is 6.53. The third-order valence-electron chi connectivity index (χ3n) is 3.31. The van der Waals surface area contributed by atoms with Crippen molar-refractivity contribution >= 4 is 5.97 Å². The summed E-state index contributed by atoms with van der Waals surface area (Å²) < 4.78 is 0. The molecule has 0 amide bonds. The molecule has 4 nitrogen and oxygen atoms in total. The maximum Gasteiger partial charge on any atom is 0.327 e. The third-order valence-corrected chi connectivity index (χ3v) is 3.31. The van der Waals surface area contributed by atoms with Crippen LogP contribution < -0.4 is 5.90 Å². The monoisotopic (exact) mass is 270 g/mol. The van der Waals surface area contributed by atoms with Crippen LogP contribution in [0.3, 0.4) is 0 Å². The minimum absolute atomic E-state index is 0.272. The molecular formula is C16H18N2O2. The summed E-state index contributed by atoms with van der Waals surface area (Å²) in [5.74, 6) is 4.20. The Morgan fingerprint density at radius 2 is 2.05 bits per heavy atom. The Balaban J connectivity index is 2.15. The topological polar surface area (TPSA) is 65.2 Å². The van der Waals surface area contributed by atoms with Gasteiger partial charge in [-0.05, 0) is 30.5 Å². The Bertz CT molecular complexity index is 594. The van der Waals surface area contributed by atoms with Gasteiger partial charge in [0, 0.05) is 11.8 Å². The van der Waals surface area contributed by atoms with Gasteiger partial charge in [0.05, 0.1) is 11.6 Å². The molecule has 0 aliphatic carbocycles. The molecule has 2 N–H and O–H groups in total. The fraction of sp³-hybridized carbons (Fsp3) is 0.250. The molecule has 0 saturated heterocycles. The van der Waals surface area contributed by atoms with Gasteiger partial charge in [0.25, 0.3) is 0 Å². The number of hydrogen-bond acceptors (Lipinski definition) is 4. The highest BCUT2D eigenvalue weighted by molar-refractivity contribution is 5.72. The van der Waals surface area contributed by atoms with E-state index < -0.39 is 5.97 Å². The molecule has 2 aromatic rings. The summed E-state index contributed by atoms with van der Waals surface area (Å²) in [6.07, 6.45) is 2.36. The number of aromatic nitrogens is 1. The zero-order chi connectivity index (χ0) is 14.5. The zero-order valence-electron chi connectivity index (χ0n) is 11.7. The molecule has 0 radical (unpaired) electrons. The summed E-state index contributed by atoms with van der Waals surface area (Å²) in [6, 6.07) is 12.1. The van der Waals surface area contributed by atoms with Gasteiger partial charge in [0.1, 0.15) is 0 Å². The van der Waals surface area contributed by atoms with E-state index in [1.165, 1.54) is 5.56 Å². The minimum atomic E-state index is -0.409. The Kier molecular flexibility index (Phi) is 4.48. The van der Waals surface area contributed by atoms with Crippen LogP contribution in [0.4, 0.5) is 0 Å². The number of benzene rings is 1. The van der Waals surface area contributed by atoms with Gasteiger partial charge in [0.15, 0.2) is 0 Å². The fourth-order valence-corrected chi connectivity index (χ4v) is 2.12. The van der Waals surface area contributed by atoms with Crippen molar-refractivity contribution < 1.29 is 9.63 Å². The predicted molar refractivity (Wildman–Crippen MR) is 77.6 cm³/mol. The normalized spacial score (nSPS) is 11.9. The van der Waals surface area contributed by atoms with Crippen LogP contribution in [0.15, 0.2) is 42.6 Å². The third kappa shape index (κ3) is 3.22. The van der Waals surface area contributed by atoms with Crippen molar-refractivity contribution in [1.29, 1.82) is 0 Å². The quantitative estimate of drug-likeness (QED) is 0.867. The lowest BCUT2D eigenvalue weighted by molar-refractivity contribution is -0.148. The molecule has 104 valence electrons. The molecule has 0 bridgehead atoms. The van der Waals surface area contributed by atoms with Crippen LogP contribution in [0.25, 0.3) is 11.3 Å². The van der Waals surface area contributed by atoms with Gasteiger partial charge in [-0.15, -0.1) is 0 Å². The van der Waals surface area contributed by atoms with Crippen molar-refractivity contribution in [3.63, 3.8) is 0 Å². The van der Waals surface area contributed by atoms with Crippen LogP contribution in [-0.2, 0) is 16.1 Å². The molecule has 1 aromatic heterocycles. The minimum Gasteiger partial charge on any atom is -0.373 e. The van der Waals surface area contributed by atoms with Crippen LogP contribution in [0.2, 0.25) is 0 Å². The molecule has 1 aromatic carbocycles. The van der Waals surface area contributed by atoms with Gasteiger partial charge in [-0.25, -0.2) is 0 Å². The first-order valence-corrected chi connectivity index (χ1v) is 6.53. The second-order valence-corrected chi connectivity index (χ2v) is 4.91. The molecular weight excluding hydrogens is 252 g/mol. The van der Waals surface area contributed by atoms with Crippen molar-refractivity contribution in [2.75, 3.05) is 0 Å². The maximum absolute atomic E-state index is 11.3. The van der Waals surface area contributed by atoms with E-state index in [4.69, 9.17) is 5.90 Å². The zero-order valence-corrected chi connectivity index (χ0v) is 11.7. The highest BCUT2D eigenvalue weighted by Gasteiger charge is 2.14. The molecule has 4 heteroatoms. The van der Waals surface area contributed by atoms with Crippen LogP contribution in [0.5, 0.6) is 0 Å². The van der Waals surface area contributed by atoms with E-state index in [-0.39, 0.29) is 5.92 Å². The number of nitrogens with two attached hydrogens (primary N) is 1. The SMILES string of the molecule is Cc1ccccc1-c1ccc(C[C@H](C)C(=O)ON)cn1. The smallest absolute Gasteiger partial charge is 0.327 e. The number of hydrogen-bond donors (Lipinski definition) is 1. The molecule has 1 heterocycles. The van der Waals surface area contributed by atoms with Crippen molar-refractivity contribution in [2.45, 2.75) is 20.3 Å². The first kappa shape index (κ1) is 14.2. The number of aryl methyl sites for hydroxylation is 1. The summed E-state index contributed by atoms with van der Waals surface area (Å²) in [5, 5.41) is 0. The van der Waals surface area contributed by atoms with Gasteiger partial charge in [-0.2, -0.15) is 5.90 Å². The largest absolute Gasteiger partial charge is 0.373 e. The Labute approximate surface area is 118 Å². The van der Waals surface area contributed by atoms with Crippen LogP contribution >= 0.6 is 0 Å². The Morgan fingerprint density at radius 1 is 1.30 bits per heavy atom. The van der Waals surface area contributed by atoms with E-state index in [0.29, 0.717) is 6.42 Å². The lowest BCUT2D eigenvalue weighted by Gasteiger charge is -2.09. The molecule has 2 rings (SSSR count). The number of pyridine rings is 1. The standard InChI is InChI=1S/C16H18N2O2/c1-11-5-3-4-6-14(11)15-8-7-13(10-18-15)9-12(2)16(19)20-17/h3-8,10,12H,9,17H2,1-2H3/t12-/m0/s1. The van der Waals surface area contributed by atoms with E-state index in [1.54, 1.807) is 13.1 Å². The first-order chi connectivity index (χ1) is 9.61. The van der Waals surface area contributed by atoms with Crippen LogP contribution in [0, 0.1) is 12.8 Å². The van der Waals surface area contributed by atoms with Crippen LogP contribution in [0.1, 0.15) is 18.1 Å². The molecule has 0 aliphatic rings. The summed E-state index contributed by atoms with van der Waals surface area (Å²) in [7, 11) is 0. The van der Waals surface area contributed by atoms with Crippen molar-refractivity contribution in [2.24, 2.45) is 11.8 Å². The lowest BCUT2D eigenvalue weighted by Crippen LogP contribution is -2.20. The number of nitrogens with zero attached hydrogens (tertiary/aromatic N) is 1. The van der Waals surface area contributed by atoms with E-state index >= 15 is 0 Å². The second kappa shape index (κ2) is 6.30. The molecule has 1 atom stereocenters. The second-order valence-electron chi connectivity index (χ2n) is 4.91. The average Bonchev–Trinajstić information content (AvgIpc) is 2.48. The lowest BCUT2D eigenvalue weighted by atomic mass is 10.0. The molecule has 20 heavy (non-hydrogen) atoms. The van der Waals surface area contributed by atoms with Crippen LogP contribution in [-0.4, -0.2) is 11.0 Å². The Hall–Kier alpha value is -2.20. The predicted octanol–water partition coefficient (Wildman–Crippen LogP) is 2.65. The summed E-state index contributed by atoms with van der Waals surface area (Å²) in [5.41, 5.74) is 4.22. The van der Waals surface area contributed by atoms with Gasteiger partial charge < -0.3 is 4.84 Å². The number of carbonyl (C=O) groups is 1. The van der Waals surface area contributed by atoms with E-state index in [9.17, 15) is 4.79 Å². The average molecular weight is 270 g/mol. The molecule has 0 aliphatic heterocycles. The highest BCUT2D eigenvalue weighted by Crippen LogP contribution is 2.21. The van der Waals surface area contributed by atoms with Gasteiger partial charge in [0.2, 0.25) is 0 Å². The maximum atomic E-state index is 11.3. The van der Waals surface area contributed by atoms with E-state index in [2.05, 4.69) is 22.8 Å². The van der Waals surface area contributed by atoms with Crippen molar-refractivity contribution in [1.82, 2.24) is 4.98 Å². The van der Waals surface area contributed by atoms with Gasteiger partial charge >= 0.3 is 5.97 Å². The van der Waals surface area contributed by atoms with Crippen molar-refractivity contribution in [3.05, 3.63) is 53.7 Å². The number of rotatable bonds is 4. The van der Waals surface area contributed by atoms with E-state index in [1.807, 2.05) is 30.3 Å². The van der Waals surface area contributed by atoms with Gasteiger partial charge in [-0.3, -0.25) is 9.78 Å². The molecule has 0 saturated carbocycles. The summed E-state index contributed by atoms with van der Waals surface area (Å²) in [4.78, 5) is 20.0. The molecule has 0 fully saturated rings. The summed E-state index contributed by atoms with van der Waals surface area (Å²) >= 11 is 0. The van der Waals surface area contributed by atoms with E-state index in [0.717, 1.165) is 16.8 Å². The summed E-state index contributed by atoms with van der Waals surface area (Å²) in [6.45, 7) is 3.84. The number of carbonyl (C=O) groups excluding carboxylic acids is 1. The Morgan fingerprint density at radius 3 is 2.65 bits per heavy atom. The highest BCUT2D eigenvalue weighted by atomic mass is 16.7. The molecule has 0 spiro atoms. The van der Waals surface area contributed by atoms with Gasteiger partial charge in [-0.1, -0.05) is 37.3 Å².